The lowest BCUT2D eigenvalue weighted by Crippen LogP contribution is -2.32. The molecule has 0 spiro atoms. The molecule has 1 amide bonds. The lowest BCUT2D eigenvalue weighted by atomic mass is 9.97. The van der Waals surface area contributed by atoms with Gasteiger partial charge in [0.2, 0.25) is 0 Å². The molecular weight excluding hydrogens is 464 g/mol. The molecule has 4 rings (SSSR count). The first-order valence-corrected chi connectivity index (χ1v) is 13.0. The fraction of sp³-hybridized carbons (Fsp3) is 0.387. The molecule has 2 atom stereocenters. The van der Waals surface area contributed by atoms with Gasteiger partial charge in [0.05, 0.1) is 20.8 Å². The Hall–Kier alpha value is -3.51. The maximum atomic E-state index is 13.2. The third-order valence-corrected chi connectivity index (χ3v) is 6.98. The van der Waals surface area contributed by atoms with Crippen LogP contribution in [0.3, 0.4) is 0 Å². The molecule has 0 bridgehead atoms. The van der Waals surface area contributed by atoms with Crippen molar-refractivity contribution in [3.05, 3.63) is 77.9 Å². The summed E-state index contributed by atoms with van der Waals surface area (Å²) in [6, 6.07) is 22.0. The molecule has 1 fully saturated rings. The summed E-state index contributed by atoms with van der Waals surface area (Å²) in [5.74, 6) is 2.78. The number of carbonyl (C=O) groups excluding carboxylic acids is 1. The zero-order chi connectivity index (χ0) is 26.2. The van der Waals surface area contributed by atoms with Gasteiger partial charge in [-0.1, -0.05) is 24.3 Å². The van der Waals surface area contributed by atoms with E-state index in [0.717, 1.165) is 67.2 Å². The average molecular weight is 503 g/mol. The minimum absolute atomic E-state index is 0.0566. The van der Waals surface area contributed by atoms with E-state index in [2.05, 4.69) is 48.6 Å². The summed E-state index contributed by atoms with van der Waals surface area (Å²) in [5.41, 5.74) is 3.74. The molecule has 0 heterocycles. The Bertz CT molecular complexity index is 1180. The Morgan fingerprint density at radius 3 is 2.49 bits per heavy atom. The van der Waals surface area contributed by atoms with Crippen LogP contribution in [0.2, 0.25) is 0 Å². The predicted octanol–water partition coefficient (Wildman–Crippen LogP) is 5.77. The van der Waals surface area contributed by atoms with Gasteiger partial charge < -0.3 is 24.4 Å². The highest BCUT2D eigenvalue weighted by Gasteiger charge is 2.27. The van der Waals surface area contributed by atoms with E-state index < -0.39 is 0 Å². The number of rotatable bonds is 11. The van der Waals surface area contributed by atoms with Crippen LogP contribution in [0.4, 0.5) is 0 Å². The van der Waals surface area contributed by atoms with Crippen molar-refractivity contribution in [2.24, 2.45) is 0 Å². The second-order valence-corrected chi connectivity index (χ2v) is 9.90. The molecule has 3 aromatic carbocycles. The van der Waals surface area contributed by atoms with Crippen molar-refractivity contribution in [2.75, 3.05) is 41.5 Å². The van der Waals surface area contributed by atoms with Gasteiger partial charge >= 0.3 is 0 Å². The molecular formula is C31H38N2O4. The molecule has 6 nitrogen and oxygen atoms in total. The third kappa shape index (κ3) is 7.04. The van der Waals surface area contributed by atoms with Crippen LogP contribution in [0.1, 0.15) is 47.5 Å². The van der Waals surface area contributed by atoms with Crippen LogP contribution in [0.15, 0.2) is 66.7 Å². The van der Waals surface area contributed by atoms with Gasteiger partial charge in [0.15, 0.2) is 0 Å². The molecule has 1 aliphatic rings. The number of amides is 1. The molecule has 0 saturated heterocycles. The molecule has 0 radical (unpaired) electrons. The van der Waals surface area contributed by atoms with E-state index >= 15 is 0 Å². The van der Waals surface area contributed by atoms with Gasteiger partial charge in [0.25, 0.3) is 5.91 Å². The maximum Gasteiger partial charge on any atom is 0.251 e. The molecule has 1 saturated carbocycles. The molecule has 196 valence electrons. The zero-order valence-electron chi connectivity index (χ0n) is 22.3. The Morgan fingerprint density at radius 2 is 1.76 bits per heavy atom. The molecule has 1 aliphatic carbocycles. The first kappa shape index (κ1) is 26.6. The Kier molecular flexibility index (Phi) is 9.07. The van der Waals surface area contributed by atoms with Crippen molar-refractivity contribution < 1.29 is 19.0 Å². The number of hydrogen-bond acceptors (Lipinski definition) is 5. The van der Waals surface area contributed by atoms with Gasteiger partial charge in [0.1, 0.15) is 17.2 Å². The molecule has 2 unspecified atom stereocenters. The third-order valence-electron chi connectivity index (χ3n) is 6.98. The number of benzene rings is 3. The molecule has 1 N–H and O–H groups in total. The van der Waals surface area contributed by atoms with Gasteiger partial charge in [-0.25, -0.2) is 0 Å². The summed E-state index contributed by atoms with van der Waals surface area (Å²) in [6.45, 7) is 1.74. The standard InChI is InChI=1S/C31H38N2O4/c1-33(2)17-6-18-37-27-14-10-22(11-15-27)23-9-13-26(19-23)32-31(34)25-12-16-30(36-4)29(21-25)24-7-5-8-28(20-24)35-3/h5,7-8,10-12,14-16,20-21,23,26H,6,9,13,17-19H2,1-4H3,(H,32,34). The second kappa shape index (κ2) is 12.6. The van der Waals surface area contributed by atoms with Crippen LogP contribution in [-0.4, -0.2) is 58.3 Å². The van der Waals surface area contributed by atoms with E-state index in [-0.39, 0.29) is 11.9 Å². The quantitative estimate of drug-likeness (QED) is 0.338. The van der Waals surface area contributed by atoms with E-state index in [9.17, 15) is 4.79 Å². The minimum Gasteiger partial charge on any atom is -0.497 e. The predicted molar refractivity (Wildman–Crippen MR) is 148 cm³/mol. The topological polar surface area (TPSA) is 60.0 Å². The number of nitrogens with zero attached hydrogens (tertiary/aromatic N) is 1. The SMILES string of the molecule is COc1cccc(-c2cc(C(=O)NC3CCC(c4ccc(OCCCN(C)C)cc4)C3)ccc2OC)c1. The molecule has 0 aliphatic heterocycles. The summed E-state index contributed by atoms with van der Waals surface area (Å²) in [6.07, 6.45) is 3.98. The number of carbonyl (C=O) groups is 1. The van der Waals surface area contributed by atoms with Gasteiger partial charge in [-0.05, 0) is 99.3 Å². The Morgan fingerprint density at radius 1 is 0.946 bits per heavy atom. The summed E-state index contributed by atoms with van der Waals surface area (Å²) in [7, 11) is 7.43. The smallest absolute Gasteiger partial charge is 0.251 e. The minimum atomic E-state index is -0.0566. The van der Waals surface area contributed by atoms with Crippen molar-refractivity contribution in [1.29, 1.82) is 0 Å². The first-order valence-electron chi connectivity index (χ1n) is 13.0. The number of hydrogen-bond donors (Lipinski definition) is 1. The normalized spacial score (nSPS) is 17.0. The molecule has 0 aromatic heterocycles. The summed E-state index contributed by atoms with van der Waals surface area (Å²) in [4.78, 5) is 15.3. The highest BCUT2D eigenvalue weighted by atomic mass is 16.5. The maximum absolute atomic E-state index is 13.2. The van der Waals surface area contributed by atoms with Crippen LogP contribution >= 0.6 is 0 Å². The van der Waals surface area contributed by atoms with Gasteiger partial charge in [-0.2, -0.15) is 0 Å². The van der Waals surface area contributed by atoms with E-state index in [0.29, 0.717) is 11.5 Å². The zero-order valence-corrected chi connectivity index (χ0v) is 22.3. The van der Waals surface area contributed by atoms with E-state index in [4.69, 9.17) is 14.2 Å². The molecule has 3 aromatic rings. The number of methoxy groups -OCH3 is 2. The van der Waals surface area contributed by atoms with Crippen LogP contribution in [0.25, 0.3) is 11.1 Å². The lowest BCUT2D eigenvalue weighted by Gasteiger charge is -2.16. The Labute approximate surface area is 220 Å². The summed E-state index contributed by atoms with van der Waals surface area (Å²) in [5, 5.41) is 3.26. The number of nitrogens with one attached hydrogen (secondary N) is 1. The van der Waals surface area contributed by atoms with Crippen molar-refractivity contribution in [1.82, 2.24) is 10.2 Å². The van der Waals surface area contributed by atoms with E-state index in [1.807, 2.05) is 42.5 Å². The fourth-order valence-electron chi connectivity index (χ4n) is 4.96. The van der Waals surface area contributed by atoms with E-state index in [1.54, 1.807) is 14.2 Å². The lowest BCUT2D eigenvalue weighted by molar-refractivity contribution is 0.0937. The van der Waals surface area contributed by atoms with Crippen molar-refractivity contribution >= 4 is 5.91 Å². The highest BCUT2D eigenvalue weighted by molar-refractivity contribution is 5.96. The van der Waals surface area contributed by atoms with Gasteiger partial charge in [0, 0.05) is 23.7 Å². The van der Waals surface area contributed by atoms with Crippen LogP contribution in [-0.2, 0) is 0 Å². The van der Waals surface area contributed by atoms with Crippen LogP contribution in [0.5, 0.6) is 17.2 Å². The number of ether oxygens (including phenoxy) is 3. The fourth-order valence-corrected chi connectivity index (χ4v) is 4.96. The van der Waals surface area contributed by atoms with Crippen LogP contribution in [0, 0.1) is 0 Å². The first-order chi connectivity index (χ1) is 18.0. The largest absolute Gasteiger partial charge is 0.497 e. The van der Waals surface area contributed by atoms with Gasteiger partial charge in [-0.3, -0.25) is 4.79 Å². The highest BCUT2D eigenvalue weighted by Crippen LogP contribution is 2.36. The van der Waals surface area contributed by atoms with Crippen molar-refractivity contribution in [2.45, 2.75) is 37.6 Å². The van der Waals surface area contributed by atoms with Crippen LogP contribution < -0.4 is 19.5 Å². The molecule has 37 heavy (non-hydrogen) atoms. The molecule has 6 heteroatoms. The van der Waals surface area contributed by atoms with Crippen molar-refractivity contribution in [3.63, 3.8) is 0 Å². The monoisotopic (exact) mass is 502 g/mol. The summed E-state index contributed by atoms with van der Waals surface area (Å²) < 4.78 is 16.8. The summed E-state index contributed by atoms with van der Waals surface area (Å²) >= 11 is 0. The second-order valence-electron chi connectivity index (χ2n) is 9.90. The van der Waals surface area contributed by atoms with E-state index in [1.165, 1.54) is 5.56 Å². The van der Waals surface area contributed by atoms with Crippen molar-refractivity contribution in [3.8, 4) is 28.4 Å². The Balaban J connectivity index is 1.36. The average Bonchev–Trinajstić information content (AvgIpc) is 3.39. The van der Waals surface area contributed by atoms with Gasteiger partial charge in [-0.15, -0.1) is 0 Å².